The molecule has 158 valence electrons. The Morgan fingerprint density at radius 2 is 1.48 bits per heavy atom. The molecule has 3 rings (SSSR count). The molecule has 1 heterocycles. The Morgan fingerprint density at radius 1 is 0.966 bits per heavy atom. The van der Waals surface area contributed by atoms with Crippen molar-refractivity contribution in [1.29, 1.82) is 0 Å². The number of ether oxygens (including phenoxy) is 2. The summed E-state index contributed by atoms with van der Waals surface area (Å²) in [5.74, 6) is -0.288. The van der Waals surface area contributed by atoms with E-state index < -0.39 is 14.1 Å². The Balaban J connectivity index is 1.98. The molecule has 1 aliphatic rings. The summed E-state index contributed by atoms with van der Waals surface area (Å²) in [6, 6.07) is 21.6. The first-order valence-corrected chi connectivity index (χ1v) is 12.7. The number of hydrogen-bond donors (Lipinski definition) is 0. The van der Waals surface area contributed by atoms with Gasteiger partial charge in [-0.2, -0.15) is 0 Å². The Labute approximate surface area is 177 Å². The second-order valence-electron chi connectivity index (χ2n) is 9.51. The molecule has 0 aliphatic carbocycles. The molecule has 2 unspecified atom stereocenters. The van der Waals surface area contributed by atoms with E-state index in [1.54, 1.807) is 0 Å². The zero-order chi connectivity index (χ0) is 21.1. The van der Waals surface area contributed by atoms with E-state index in [1.165, 1.54) is 10.4 Å². The first-order chi connectivity index (χ1) is 13.7. The SMILES string of the molecule is CCC1OC(C)(C)OCC1CO[Si](c1ccccc1)(c1ccccc1)C(C)(C)C. The molecule has 29 heavy (non-hydrogen) atoms. The summed E-state index contributed by atoms with van der Waals surface area (Å²) in [6.45, 7) is 14.4. The Hall–Kier alpha value is -1.46. The third-order valence-corrected chi connectivity index (χ3v) is 10.9. The zero-order valence-corrected chi connectivity index (χ0v) is 19.8. The van der Waals surface area contributed by atoms with Gasteiger partial charge in [0.05, 0.1) is 12.7 Å². The highest BCUT2D eigenvalue weighted by molar-refractivity contribution is 6.99. The summed E-state index contributed by atoms with van der Waals surface area (Å²) in [4.78, 5) is 0. The van der Waals surface area contributed by atoms with Crippen molar-refractivity contribution < 1.29 is 13.9 Å². The quantitative estimate of drug-likeness (QED) is 0.641. The van der Waals surface area contributed by atoms with E-state index in [0.717, 1.165) is 6.42 Å². The molecule has 4 heteroatoms. The van der Waals surface area contributed by atoms with Crippen LogP contribution in [-0.2, 0) is 13.9 Å². The van der Waals surface area contributed by atoms with Crippen LogP contribution in [-0.4, -0.2) is 33.4 Å². The van der Waals surface area contributed by atoms with Crippen LogP contribution in [0.1, 0.15) is 48.0 Å². The van der Waals surface area contributed by atoms with Gasteiger partial charge < -0.3 is 13.9 Å². The predicted molar refractivity (Wildman–Crippen MR) is 122 cm³/mol. The van der Waals surface area contributed by atoms with Crippen molar-refractivity contribution >= 4 is 18.7 Å². The molecule has 0 saturated carbocycles. The molecule has 0 aromatic heterocycles. The molecule has 1 aliphatic heterocycles. The van der Waals surface area contributed by atoms with E-state index in [-0.39, 0.29) is 17.1 Å². The molecule has 0 N–H and O–H groups in total. The van der Waals surface area contributed by atoms with E-state index in [9.17, 15) is 0 Å². The lowest BCUT2D eigenvalue weighted by molar-refractivity contribution is -0.295. The largest absolute Gasteiger partial charge is 0.407 e. The number of hydrogen-bond acceptors (Lipinski definition) is 3. The minimum absolute atomic E-state index is 0.0208. The summed E-state index contributed by atoms with van der Waals surface area (Å²) in [5.41, 5.74) is 0. The van der Waals surface area contributed by atoms with Crippen LogP contribution in [0.25, 0.3) is 0 Å². The minimum Gasteiger partial charge on any atom is -0.407 e. The third-order valence-electron chi connectivity index (χ3n) is 5.94. The smallest absolute Gasteiger partial charge is 0.261 e. The Morgan fingerprint density at radius 3 is 1.93 bits per heavy atom. The van der Waals surface area contributed by atoms with Gasteiger partial charge in [-0.25, -0.2) is 0 Å². The van der Waals surface area contributed by atoms with Crippen LogP contribution in [0.2, 0.25) is 5.04 Å². The van der Waals surface area contributed by atoms with Crippen LogP contribution in [0.5, 0.6) is 0 Å². The van der Waals surface area contributed by atoms with Crippen molar-refractivity contribution in [3.8, 4) is 0 Å². The fourth-order valence-electron chi connectivity index (χ4n) is 4.48. The van der Waals surface area contributed by atoms with E-state index >= 15 is 0 Å². The maximum Gasteiger partial charge on any atom is 0.261 e. The third kappa shape index (κ3) is 4.66. The summed E-state index contributed by atoms with van der Waals surface area (Å²) in [6.07, 6.45) is 1.11. The Kier molecular flexibility index (Phi) is 6.69. The van der Waals surface area contributed by atoms with Crippen molar-refractivity contribution in [2.75, 3.05) is 13.2 Å². The van der Waals surface area contributed by atoms with E-state index in [1.807, 2.05) is 13.8 Å². The summed E-state index contributed by atoms with van der Waals surface area (Å²) in [5, 5.41) is 2.60. The maximum atomic E-state index is 7.08. The maximum absolute atomic E-state index is 7.08. The summed E-state index contributed by atoms with van der Waals surface area (Å²) >= 11 is 0. The van der Waals surface area contributed by atoms with Crippen molar-refractivity contribution in [3.05, 3.63) is 60.7 Å². The lowest BCUT2D eigenvalue weighted by Crippen LogP contribution is -2.67. The van der Waals surface area contributed by atoms with Gasteiger partial charge in [0, 0.05) is 12.5 Å². The fraction of sp³-hybridized carbons (Fsp3) is 0.520. The minimum atomic E-state index is -2.52. The van der Waals surface area contributed by atoms with Crippen LogP contribution in [0.4, 0.5) is 0 Å². The molecule has 0 radical (unpaired) electrons. The topological polar surface area (TPSA) is 27.7 Å². The standard InChI is InChI=1S/C25H36O3Si/c1-7-23-20(18-26-25(5,6)28-23)19-27-29(24(2,3)4,21-14-10-8-11-15-21)22-16-12-9-13-17-22/h8-17,20,23H,7,18-19H2,1-6H3. The summed E-state index contributed by atoms with van der Waals surface area (Å²) < 4.78 is 19.3. The van der Waals surface area contributed by atoms with Crippen LogP contribution < -0.4 is 10.4 Å². The van der Waals surface area contributed by atoms with Crippen molar-refractivity contribution in [2.45, 2.75) is 64.9 Å². The van der Waals surface area contributed by atoms with Gasteiger partial charge in [-0.1, -0.05) is 88.4 Å². The average molecular weight is 413 g/mol. The molecule has 2 atom stereocenters. The van der Waals surface area contributed by atoms with Gasteiger partial charge >= 0.3 is 0 Å². The van der Waals surface area contributed by atoms with E-state index in [2.05, 4.69) is 88.4 Å². The monoisotopic (exact) mass is 412 g/mol. The average Bonchev–Trinajstić information content (AvgIpc) is 2.69. The van der Waals surface area contributed by atoms with Gasteiger partial charge in [-0.05, 0) is 35.7 Å². The van der Waals surface area contributed by atoms with Gasteiger partial charge in [-0.15, -0.1) is 0 Å². The van der Waals surface area contributed by atoms with Crippen LogP contribution in [0, 0.1) is 5.92 Å². The van der Waals surface area contributed by atoms with Crippen molar-refractivity contribution in [1.82, 2.24) is 0 Å². The lowest BCUT2D eigenvalue weighted by Gasteiger charge is -2.46. The number of benzene rings is 2. The highest BCUT2D eigenvalue weighted by atomic mass is 28.4. The molecule has 0 bridgehead atoms. The second kappa shape index (κ2) is 8.72. The van der Waals surface area contributed by atoms with Crippen LogP contribution >= 0.6 is 0 Å². The van der Waals surface area contributed by atoms with Crippen LogP contribution in [0.15, 0.2) is 60.7 Å². The van der Waals surface area contributed by atoms with Gasteiger partial charge in [0.15, 0.2) is 5.79 Å². The van der Waals surface area contributed by atoms with Gasteiger partial charge in [0.1, 0.15) is 0 Å². The first-order valence-electron chi connectivity index (χ1n) is 10.8. The van der Waals surface area contributed by atoms with Crippen molar-refractivity contribution in [2.24, 2.45) is 5.92 Å². The summed E-state index contributed by atoms with van der Waals surface area (Å²) in [7, 11) is -2.52. The molecule has 2 aromatic carbocycles. The molecule has 1 saturated heterocycles. The highest BCUT2D eigenvalue weighted by Gasteiger charge is 2.51. The van der Waals surface area contributed by atoms with Crippen molar-refractivity contribution in [3.63, 3.8) is 0 Å². The second-order valence-corrected chi connectivity index (χ2v) is 13.8. The van der Waals surface area contributed by atoms with Gasteiger partial charge in [-0.3, -0.25) is 0 Å². The zero-order valence-electron chi connectivity index (χ0n) is 18.8. The highest BCUT2D eigenvalue weighted by Crippen LogP contribution is 2.38. The lowest BCUT2D eigenvalue weighted by atomic mass is 10.0. The molecule has 3 nitrogen and oxygen atoms in total. The van der Waals surface area contributed by atoms with E-state index in [4.69, 9.17) is 13.9 Å². The normalized spacial score (nSPS) is 22.4. The van der Waals surface area contributed by atoms with E-state index in [0.29, 0.717) is 13.2 Å². The molecular weight excluding hydrogens is 376 g/mol. The Bertz CT molecular complexity index is 728. The van der Waals surface area contributed by atoms with Crippen LogP contribution in [0.3, 0.4) is 0 Å². The first kappa shape index (κ1) is 22.2. The predicted octanol–water partition coefficient (Wildman–Crippen LogP) is 4.74. The number of rotatable bonds is 6. The molecule has 0 spiro atoms. The molecule has 2 aromatic rings. The molecule has 1 fully saturated rings. The van der Waals surface area contributed by atoms with Gasteiger partial charge in [0.25, 0.3) is 8.32 Å². The fourth-order valence-corrected chi connectivity index (χ4v) is 9.10. The molecular formula is C25H36O3Si. The molecule has 0 amide bonds. The van der Waals surface area contributed by atoms with Gasteiger partial charge in [0.2, 0.25) is 0 Å².